The first-order chi connectivity index (χ1) is 11.3. The Balaban J connectivity index is 1.69. The molecule has 0 spiro atoms. The van der Waals surface area contributed by atoms with Crippen LogP contribution in [-0.2, 0) is 4.74 Å². The number of ether oxygens (including phenoxy) is 1. The van der Waals surface area contributed by atoms with Crippen molar-refractivity contribution in [2.45, 2.75) is 108 Å². The molecule has 136 valence electrons. The quantitative estimate of drug-likeness (QED) is 0.745. The zero-order chi connectivity index (χ0) is 16.3. The third kappa shape index (κ3) is 7.97. The summed E-state index contributed by atoms with van der Waals surface area (Å²) in [6, 6.07) is 0.586. The number of hydrogen-bond donors (Lipinski definition) is 3. The largest absolute Gasteiger partial charge is 0.390 e. The van der Waals surface area contributed by atoms with E-state index in [9.17, 15) is 10.2 Å². The molecule has 3 atom stereocenters. The van der Waals surface area contributed by atoms with Crippen LogP contribution in [0.3, 0.4) is 0 Å². The lowest BCUT2D eigenvalue weighted by molar-refractivity contribution is -0.120. The summed E-state index contributed by atoms with van der Waals surface area (Å²) in [5, 5.41) is 23.0. The van der Waals surface area contributed by atoms with Gasteiger partial charge in [0.15, 0.2) is 0 Å². The highest BCUT2D eigenvalue weighted by molar-refractivity contribution is 4.80. The van der Waals surface area contributed by atoms with Gasteiger partial charge < -0.3 is 20.3 Å². The molecule has 1 heterocycles. The lowest BCUT2D eigenvalue weighted by Crippen LogP contribution is -2.46. The maximum Gasteiger partial charge on any atom is 0.103 e. The van der Waals surface area contributed by atoms with E-state index >= 15 is 0 Å². The Bertz CT molecular complexity index is 286. The Morgan fingerprint density at radius 1 is 0.739 bits per heavy atom. The Labute approximate surface area is 142 Å². The van der Waals surface area contributed by atoms with Crippen LogP contribution < -0.4 is 5.32 Å². The highest BCUT2D eigenvalue weighted by Gasteiger charge is 2.28. The van der Waals surface area contributed by atoms with E-state index in [0.717, 1.165) is 6.54 Å². The minimum atomic E-state index is -0.712. The topological polar surface area (TPSA) is 61.7 Å². The average Bonchev–Trinajstić information content (AvgIpc) is 2.57. The molecule has 2 fully saturated rings. The van der Waals surface area contributed by atoms with Crippen molar-refractivity contribution in [1.29, 1.82) is 0 Å². The first-order valence-electron chi connectivity index (χ1n) is 9.97. The highest BCUT2D eigenvalue weighted by Crippen LogP contribution is 2.18. The maximum absolute atomic E-state index is 9.76. The summed E-state index contributed by atoms with van der Waals surface area (Å²) >= 11 is 0. The van der Waals surface area contributed by atoms with Crippen LogP contribution >= 0.6 is 0 Å². The van der Waals surface area contributed by atoms with Crippen LogP contribution in [-0.4, -0.2) is 47.7 Å². The molecular formula is C19H37NO3. The van der Waals surface area contributed by atoms with Gasteiger partial charge in [0.25, 0.3) is 0 Å². The molecule has 0 aromatic rings. The van der Waals surface area contributed by atoms with E-state index in [1.54, 1.807) is 0 Å². The van der Waals surface area contributed by atoms with Crippen LogP contribution in [0.2, 0.25) is 0 Å². The number of aliphatic hydroxyl groups excluding tert-OH is 2. The average molecular weight is 328 g/mol. The van der Waals surface area contributed by atoms with Crippen LogP contribution in [0, 0.1) is 0 Å². The van der Waals surface area contributed by atoms with E-state index in [2.05, 4.69) is 5.32 Å². The molecule has 2 aliphatic rings. The standard InChI is InChI=1S/C19H37NO3/c21-18-13-17(23-15-19(18)22)14-20-16-11-9-7-5-3-1-2-4-6-8-10-12-16/h16-22H,1-15H2. The van der Waals surface area contributed by atoms with E-state index in [1.807, 2.05) is 0 Å². The van der Waals surface area contributed by atoms with Crippen molar-refractivity contribution in [3.8, 4) is 0 Å². The molecular weight excluding hydrogens is 290 g/mol. The van der Waals surface area contributed by atoms with Crippen molar-refractivity contribution in [2.24, 2.45) is 0 Å². The Morgan fingerprint density at radius 3 is 1.78 bits per heavy atom. The van der Waals surface area contributed by atoms with Gasteiger partial charge in [-0.05, 0) is 12.8 Å². The van der Waals surface area contributed by atoms with Crippen LogP contribution in [0.5, 0.6) is 0 Å². The maximum atomic E-state index is 9.76. The minimum absolute atomic E-state index is 0.0398. The highest BCUT2D eigenvalue weighted by atomic mass is 16.5. The van der Waals surface area contributed by atoms with Gasteiger partial charge in [-0.15, -0.1) is 0 Å². The molecule has 3 unspecified atom stereocenters. The van der Waals surface area contributed by atoms with Gasteiger partial charge in [-0.3, -0.25) is 0 Å². The van der Waals surface area contributed by atoms with E-state index in [-0.39, 0.29) is 12.7 Å². The summed E-state index contributed by atoms with van der Waals surface area (Å²) in [6.07, 6.45) is 15.6. The van der Waals surface area contributed by atoms with Crippen LogP contribution in [0.4, 0.5) is 0 Å². The van der Waals surface area contributed by atoms with Gasteiger partial charge in [0.1, 0.15) is 6.10 Å². The summed E-state index contributed by atoms with van der Waals surface area (Å²) in [4.78, 5) is 0. The van der Waals surface area contributed by atoms with Crippen molar-refractivity contribution in [3.05, 3.63) is 0 Å². The molecule has 3 N–H and O–H groups in total. The van der Waals surface area contributed by atoms with E-state index in [0.29, 0.717) is 12.5 Å². The van der Waals surface area contributed by atoms with Gasteiger partial charge in [0, 0.05) is 19.0 Å². The van der Waals surface area contributed by atoms with Crippen LogP contribution in [0.15, 0.2) is 0 Å². The van der Waals surface area contributed by atoms with E-state index in [4.69, 9.17) is 4.74 Å². The Kier molecular flexibility index (Phi) is 9.50. The van der Waals surface area contributed by atoms with Gasteiger partial charge in [0.2, 0.25) is 0 Å². The lowest BCUT2D eigenvalue weighted by atomic mass is 10.00. The Morgan fingerprint density at radius 2 is 1.26 bits per heavy atom. The van der Waals surface area contributed by atoms with Crippen LogP contribution in [0.25, 0.3) is 0 Å². The molecule has 0 aromatic carbocycles. The van der Waals surface area contributed by atoms with E-state index < -0.39 is 12.2 Å². The molecule has 1 aliphatic carbocycles. The van der Waals surface area contributed by atoms with Gasteiger partial charge in [-0.25, -0.2) is 0 Å². The number of rotatable bonds is 3. The third-order valence-corrected chi connectivity index (χ3v) is 5.44. The number of aliphatic hydroxyl groups is 2. The summed E-state index contributed by atoms with van der Waals surface area (Å²) in [5.41, 5.74) is 0. The first-order valence-corrected chi connectivity index (χ1v) is 9.97. The smallest absolute Gasteiger partial charge is 0.103 e. The SMILES string of the molecule is OC1COC(CNC2CCCCCCCCCCCC2)CC1O. The summed E-state index contributed by atoms with van der Waals surface area (Å²) in [6.45, 7) is 1.06. The summed E-state index contributed by atoms with van der Waals surface area (Å²) in [7, 11) is 0. The molecule has 1 aliphatic heterocycles. The van der Waals surface area contributed by atoms with Crippen molar-refractivity contribution in [3.63, 3.8) is 0 Å². The third-order valence-electron chi connectivity index (χ3n) is 5.44. The normalized spacial score (nSPS) is 33.4. The van der Waals surface area contributed by atoms with Crippen molar-refractivity contribution < 1.29 is 14.9 Å². The van der Waals surface area contributed by atoms with Gasteiger partial charge in [-0.1, -0.05) is 64.2 Å². The molecule has 0 radical (unpaired) electrons. The first kappa shape index (κ1) is 19.2. The lowest BCUT2D eigenvalue weighted by Gasteiger charge is -2.31. The van der Waals surface area contributed by atoms with Crippen molar-refractivity contribution in [2.75, 3.05) is 13.2 Å². The number of hydrogen-bond acceptors (Lipinski definition) is 4. The zero-order valence-electron chi connectivity index (χ0n) is 14.7. The number of nitrogens with one attached hydrogen (secondary N) is 1. The predicted octanol–water partition coefficient (Wildman–Crippen LogP) is 3.15. The second-order valence-corrected chi connectivity index (χ2v) is 7.54. The molecule has 4 heteroatoms. The van der Waals surface area contributed by atoms with Crippen LogP contribution in [0.1, 0.15) is 83.5 Å². The summed E-state index contributed by atoms with van der Waals surface area (Å²) < 4.78 is 5.63. The molecule has 23 heavy (non-hydrogen) atoms. The van der Waals surface area contributed by atoms with Gasteiger partial charge >= 0.3 is 0 Å². The van der Waals surface area contributed by atoms with Crippen molar-refractivity contribution >= 4 is 0 Å². The monoisotopic (exact) mass is 327 g/mol. The second kappa shape index (κ2) is 11.4. The molecule has 2 rings (SSSR count). The van der Waals surface area contributed by atoms with Gasteiger partial charge in [0.05, 0.1) is 18.8 Å². The molecule has 4 nitrogen and oxygen atoms in total. The second-order valence-electron chi connectivity index (χ2n) is 7.54. The molecule has 1 saturated heterocycles. The fraction of sp³-hybridized carbons (Fsp3) is 1.00. The van der Waals surface area contributed by atoms with Gasteiger partial charge in [-0.2, -0.15) is 0 Å². The summed E-state index contributed by atoms with van der Waals surface area (Å²) in [5.74, 6) is 0. The molecule has 1 saturated carbocycles. The Hall–Kier alpha value is -0.160. The molecule has 0 bridgehead atoms. The minimum Gasteiger partial charge on any atom is -0.390 e. The fourth-order valence-corrected chi connectivity index (χ4v) is 3.82. The van der Waals surface area contributed by atoms with E-state index in [1.165, 1.54) is 77.0 Å². The zero-order valence-corrected chi connectivity index (χ0v) is 14.7. The fourth-order valence-electron chi connectivity index (χ4n) is 3.82. The molecule has 0 aromatic heterocycles. The molecule has 0 amide bonds. The predicted molar refractivity (Wildman–Crippen MR) is 93.6 cm³/mol. The van der Waals surface area contributed by atoms with Crippen molar-refractivity contribution in [1.82, 2.24) is 5.32 Å².